The fourth-order valence-electron chi connectivity index (χ4n) is 2.84. The maximum Gasteiger partial charge on any atom is 0.253 e. The van der Waals surface area contributed by atoms with E-state index in [-0.39, 0.29) is 5.91 Å². The lowest BCUT2D eigenvalue weighted by molar-refractivity contribution is 0.0746. The van der Waals surface area contributed by atoms with Crippen LogP contribution in [0.5, 0.6) is 0 Å². The fraction of sp³-hybridized carbons (Fsp3) is 0.389. The number of benzene rings is 1. The second-order valence-electron chi connectivity index (χ2n) is 6.31. The number of halogens is 1. The predicted molar refractivity (Wildman–Crippen MR) is 101 cm³/mol. The summed E-state index contributed by atoms with van der Waals surface area (Å²) in [6.07, 6.45) is 0. The third-order valence-corrected chi connectivity index (χ3v) is 4.50. The van der Waals surface area contributed by atoms with Crippen molar-refractivity contribution >= 4 is 29.1 Å². The predicted octanol–water partition coefficient (Wildman–Crippen LogP) is 2.47. The SMILES string of the molecule is Cc1nc(N(C)C)cc(N2CCN(C(=O)c3ccc(Cl)cc3)CC2)n1. The zero-order chi connectivity index (χ0) is 18.0. The first kappa shape index (κ1) is 17.5. The van der Waals surface area contributed by atoms with E-state index in [9.17, 15) is 4.79 Å². The molecule has 1 aliphatic rings. The maximum atomic E-state index is 12.6. The molecule has 1 amide bonds. The van der Waals surface area contributed by atoms with E-state index in [4.69, 9.17) is 11.6 Å². The number of piperazine rings is 1. The minimum absolute atomic E-state index is 0.0455. The number of carbonyl (C=O) groups is 1. The van der Waals surface area contributed by atoms with Crippen molar-refractivity contribution in [1.82, 2.24) is 14.9 Å². The van der Waals surface area contributed by atoms with Gasteiger partial charge < -0.3 is 14.7 Å². The van der Waals surface area contributed by atoms with Gasteiger partial charge in [0.05, 0.1) is 0 Å². The number of aromatic nitrogens is 2. The van der Waals surface area contributed by atoms with E-state index in [1.54, 1.807) is 24.3 Å². The van der Waals surface area contributed by atoms with Gasteiger partial charge in [-0.1, -0.05) is 11.6 Å². The lowest BCUT2D eigenvalue weighted by atomic mass is 10.2. The van der Waals surface area contributed by atoms with Crippen molar-refractivity contribution in [2.45, 2.75) is 6.92 Å². The molecule has 0 atom stereocenters. The molecule has 1 aromatic heterocycles. The molecule has 0 unspecified atom stereocenters. The topological polar surface area (TPSA) is 52.6 Å². The van der Waals surface area contributed by atoms with Crippen LogP contribution in [0.15, 0.2) is 30.3 Å². The molecular formula is C18H22ClN5O. The summed E-state index contributed by atoms with van der Waals surface area (Å²) in [5, 5.41) is 0.636. The van der Waals surface area contributed by atoms with Crippen molar-refractivity contribution in [2.24, 2.45) is 0 Å². The quantitative estimate of drug-likeness (QED) is 0.842. The van der Waals surface area contributed by atoms with E-state index in [1.165, 1.54) is 0 Å². The Hall–Kier alpha value is -2.34. The molecule has 0 spiro atoms. The summed E-state index contributed by atoms with van der Waals surface area (Å²) in [6.45, 7) is 4.74. The maximum absolute atomic E-state index is 12.6. The van der Waals surface area contributed by atoms with Gasteiger partial charge in [0.15, 0.2) is 0 Å². The average Bonchev–Trinajstić information content (AvgIpc) is 2.61. The van der Waals surface area contributed by atoms with Crippen LogP contribution in [0.3, 0.4) is 0 Å². The molecule has 1 aromatic carbocycles. The van der Waals surface area contributed by atoms with Crippen molar-refractivity contribution in [3.63, 3.8) is 0 Å². The van der Waals surface area contributed by atoms with Gasteiger partial charge >= 0.3 is 0 Å². The third kappa shape index (κ3) is 4.02. The molecule has 1 aliphatic heterocycles. The Labute approximate surface area is 153 Å². The zero-order valence-electron chi connectivity index (χ0n) is 14.7. The molecule has 132 valence electrons. The van der Waals surface area contributed by atoms with Gasteiger partial charge in [-0.25, -0.2) is 9.97 Å². The molecule has 3 rings (SSSR count). The van der Waals surface area contributed by atoms with Gasteiger partial charge in [-0.15, -0.1) is 0 Å². The molecule has 0 aliphatic carbocycles. The summed E-state index contributed by atoms with van der Waals surface area (Å²) >= 11 is 5.89. The molecule has 0 saturated carbocycles. The van der Waals surface area contributed by atoms with E-state index in [0.717, 1.165) is 30.5 Å². The van der Waals surface area contributed by atoms with Gasteiger partial charge in [-0.05, 0) is 31.2 Å². The number of rotatable bonds is 3. The largest absolute Gasteiger partial charge is 0.363 e. The lowest BCUT2D eigenvalue weighted by Crippen LogP contribution is -2.49. The Balaban J connectivity index is 1.67. The van der Waals surface area contributed by atoms with Crippen molar-refractivity contribution in [3.05, 3.63) is 46.7 Å². The first-order chi connectivity index (χ1) is 11.9. The Kier molecular flexibility index (Phi) is 5.08. The number of amides is 1. The van der Waals surface area contributed by atoms with Crippen LogP contribution in [0.4, 0.5) is 11.6 Å². The van der Waals surface area contributed by atoms with Gasteiger partial charge in [0.2, 0.25) is 0 Å². The molecule has 0 bridgehead atoms. The molecule has 6 nitrogen and oxygen atoms in total. The molecule has 2 heterocycles. The molecular weight excluding hydrogens is 338 g/mol. The van der Waals surface area contributed by atoms with Crippen LogP contribution in [0, 0.1) is 6.92 Å². The number of nitrogens with zero attached hydrogens (tertiary/aromatic N) is 5. The normalized spacial score (nSPS) is 14.6. The van der Waals surface area contributed by atoms with Gasteiger partial charge in [-0.3, -0.25) is 4.79 Å². The summed E-state index contributed by atoms with van der Waals surface area (Å²) in [5.41, 5.74) is 0.672. The van der Waals surface area contributed by atoms with Crippen LogP contribution in [-0.2, 0) is 0 Å². The Morgan fingerprint density at radius 3 is 2.32 bits per heavy atom. The Morgan fingerprint density at radius 2 is 1.72 bits per heavy atom. The van der Waals surface area contributed by atoms with Crippen LogP contribution in [0.2, 0.25) is 5.02 Å². The molecule has 1 saturated heterocycles. The van der Waals surface area contributed by atoms with Crippen LogP contribution in [-0.4, -0.2) is 61.0 Å². The minimum atomic E-state index is 0.0455. The van der Waals surface area contributed by atoms with Crippen molar-refractivity contribution < 1.29 is 4.79 Å². The molecule has 0 radical (unpaired) electrons. The second kappa shape index (κ2) is 7.27. The number of hydrogen-bond donors (Lipinski definition) is 0. The number of aryl methyl sites for hydroxylation is 1. The molecule has 7 heteroatoms. The van der Waals surface area contributed by atoms with Crippen molar-refractivity contribution in [3.8, 4) is 0 Å². The van der Waals surface area contributed by atoms with Crippen molar-refractivity contribution in [1.29, 1.82) is 0 Å². The van der Waals surface area contributed by atoms with Gasteiger partial charge in [0.25, 0.3) is 5.91 Å². The minimum Gasteiger partial charge on any atom is -0.363 e. The van der Waals surface area contributed by atoms with Crippen molar-refractivity contribution in [2.75, 3.05) is 50.1 Å². The van der Waals surface area contributed by atoms with Gasteiger partial charge in [0.1, 0.15) is 17.5 Å². The monoisotopic (exact) mass is 359 g/mol. The van der Waals surface area contributed by atoms with E-state index in [0.29, 0.717) is 23.7 Å². The number of hydrogen-bond acceptors (Lipinski definition) is 5. The molecule has 0 N–H and O–H groups in total. The summed E-state index contributed by atoms with van der Waals surface area (Å²) in [6, 6.07) is 9.03. The molecule has 25 heavy (non-hydrogen) atoms. The summed E-state index contributed by atoms with van der Waals surface area (Å²) < 4.78 is 0. The van der Waals surface area contributed by atoms with Crippen LogP contribution >= 0.6 is 11.6 Å². The average molecular weight is 360 g/mol. The number of anilines is 2. The highest BCUT2D eigenvalue weighted by Gasteiger charge is 2.23. The van der Waals surface area contributed by atoms with Gasteiger partial charge in [-0.2, -0.15) is 0 Å². The van der Waals surface area contributed by atoms with E-state index < -0.39 is 0 Å². The van der Waals surface area contributed by atoms with Crippen LogP contribution in [0.1, 0.15) is 16.2 Å². The summed E-state index contributed by atoms with van der Waals surface area (Å²) in [5.74, 6) is 2.60. The zero-order valence-corrected chi connectivity index (χ0v) is 15.5. The van der Waals surface area contributed by atoms with Crippen LogP contribution < -0.4 is 9.80 Å². The molecule has 1 fully saturated rings. The first-order valence-corrected chi connectivity index (χ1v) is 8.64. The Morgan fingerprint density at radius 1 is 1.08 bits per heavy atom. The smallest absolute Gasteiger partial charge is 0.253 e. The third-order valence-electron chi connectivity index (χ3n) is 4.25. The van der Waals surface area contributed by atoms with Gasteiger partial charge in [0, 0.05) is 56.9 Å². The van der Waals surface area contributed by atoms with Crippen LogP contribution in [0.25, 0.3) is 0 Å². The highest BCUT2D eigenvalue weighted by molar-refractivity contribution is 6.30. The summed E-state index contributed by atoms with van der Waals surface area (Å²) in [4.78, 5) is 27.6. The second-order valence-corrected chi connectivity index (χ2v) is 6.75. The summed E-state index contributed by atoms with van der Waals surface area (Å²) in [7, 11) is 3.93. The highest BCUT2D eigenvalue weighted by atomic mass is 35.5. The van der Waals surface area contributed by atoms with E-state index >= 15 is 0 Å². The highest BCUT2D eigenvalue weighted by Crippen LogP contribution is 2.20. The molecule has 2 aromatic rings. The first-order valence-electron chi connectivity index (χ1n) is 8.27. The Bertz CT molecular complexity index is 755. The number of carbonyl (C=O) groups excluding carboxylic acids is 1. The lowest BCUT2D eigenvalue weighted by Gasteiger charge is -2.35. The standard InChI is InChI=1S/C18H22ClN5O/c1-13-20-16(22(2)3)12-17(21-13)23-8-10-24(11-9-23)18(25)14-4-6-15(19)7-5-14/h4-7,12H,8-11H2,1-3H3. The fourth-order valence-corrected chi connectivity index (χ4v) is 2.97. The van der Waals surface area contributed by atoms with E-state index in [2.05, 4.69) is 14.9 Å². The van der Waals surface area contributed by atoms with E-state index in [1.807, 2.05) is 36.9 Å².